The molecule has 7 heteroatoms. The molecule has 2 rings (SSSR count). The minimum Gasteiger partial charge on any atom is -0.496 e. The van der Waals surface area contributed by atoms with E-state index in [9.17, 15) is 13.2 Å². The van der Waals surface area contributed by atoms with Crippen molar-refractivity contribution in [2.24, 2.45) is 0 Å². The van der Waals surface area contributed by atoms with E-state index >= 15 is 0 Å². The molecule has 0 fully saturated rings. The Hall–Kier alpha value is -2.54. The molecule has 0 aliphatic carbocycles. The first-order valence-electron chi connectivity index (χ1n) is 11.0. The topological polar surface area (TPSA) is 75.7 Å². The summed E-state index contributed by atoms with van der Waals surface area (Å²) in [6.45, 7) is 10.4. The van der Waals surface area contributed by atoms with E-state index in [0.29, 0.717) is 18.0 Å². The highest BCUT2D eigenvalue weighted by Gasteiger charge is 2.19. The Morgan fingerprint density at radius 1 is 1.09 bits per heavy atom. The van der Waals surface area contributed by atoms with Gasteiger partial charge in [-0.1, -0.05) is 26.0 Å². The lowest BCUT2D eigenvalue weighted by atomic mass is 9.93. The average molecular weight is 461 g/mol. The van der Waals surface area contributed by atoms with Crippen LogP contribution in [0.4, 0.5) is 5.69 Å². The largest absolute Gasteiger partial charge is 0.496 e. The minimum absolute atomic E-state index is 0.100. The zero-order valence-corrected chi connectivity index (χ0v) is 21.0. The van der Waals surface area contributed by atoms with Crippen molar-refractivity contribution in [3.63, 3.8) is 0 Å². The van der Waals surface area contributed by atoms with E-state index in [2.05, 4.69) is 25.2 Å². The third-order valence-electron chi connectivity index (χ3n) is 5.54. The molecule has 2 aromatic rings. The number of carbonyl (C=O) groups is 1. The summed E-state index contributed by atoms with van der Waals surface area (Å²) in [6.07, 6.45) is 1.86. The maximum Gasteiger partial charge on any atom is 0.232 e. The molecule has 0 spiro atoms. The fraction of sp³-hybridized carbons (Fsp3) is 0.480. The minimum atomic E-state index is -3.43. The van der Waals surface area contributed by atoms with Crippen molar-refractivity contribution in [1.29, 1.82) is 0 Å². The van der Waals surface area contributed by atoms with Crippen LogP contribution in [-0.4, -0.2) is 34.2 Å². The predicted octanol–water partition coefficient (Wildman–Crippen LogP) is 4.86. The Kier molecular flexibility index (Phi) is 8.73. The normalized spacial score (nSPS) is 12.5. The maximum atomic E-state index is 12.6. The van der Waals surface area contributed by atoms with Crippen molar-refractivity contribution in [1.82, 2.24) is 5.32 Å². The molecule has 1 atom stereocenters. The van der Waals surface area contributed by atoms with Gasteiger partial charge in [0.25, 0.3) is 0 Å². The number of anilines is 1. The van der Waals surface area contributed by atoms with Crippen LogP contribution in [0.1, 0.15) is 67.8 Å². The van der Waals surface area contributed by atoms with Gasteiger partial charge in [-0.15, -0.1) is 0 Å². The summed E-state index contributed by atoms with van der Waals surface area (Å²) < 4.78 is 31.4. The lowest BCUT2D eigenvalue weighted by molar-refractivity contribution is -0.121. The monoisotopic (exact) mass is 460 g/mol. The molecule has 32 heavy (non-hydrogen) atoms. The summed E-state index contributed by atoms with van der Waals surface area (Å²) in [5, 5.41) is 3.05. The second-order valence-corrected chi connectivity index (χ2v) is 10.6. The third-order valence-corrected chi connectivity index (χ3v) is 6.73. The maximum absolute atomic E-state index is 12.6. The Morgan fingerprint density at radius 3 is 2.34 bits per heavy atom. The van der Waals surface area contributed by atoms with Crippen LogP contribution in [0.3, 0.4) is 0 Å². The van der Waals surface area contributed by atoms with Crippen molar-refractivity contribution in [2.45, 2.75) is 59.4 Å². The molecular weight excluding hydrogens is 424 g/mol. The second-order valence-electron chi connectivity index (χ2n) is 8.67. The molecule has 0 unspecified atom stereocenters. The number of amides is 1. The summed E-state index contributed by atoms with van der Waals surface area (Å²) >= 11 is 0. The van der Waals surface area contributed by atoms with Gasteiger partial charge in [-0.2, -0.15) is 0 Å². The van der Waals surface area contributed by atoms with Gasteiger partial charge >= 0.3 is 0 Å². The summed E-state index contributed by atoms with van der Waals surface area (Å²) in [5.74, 6) is 1.06. The van der Waals surface area contributed by atoms with Gasteiger partial charge in [-0.25, -0.2) is 8.42 Å². The highest BCUT2D eigenvalue weighted by Crippen LogP contribution is 2.32. The van der Waals surface area contributed by atoms with Gasteiger partial charge in [0.2, 0.25) is 15.9 Å². The molecule has 6 nitrogen and oxygen atoms in total. The number of benzene rings is 2. The molecular formula is C25H36N2O4S. The molecule has 2 aromatic carbocycles. The van der Waals surface area contributed by atoms with Crippen LogP contribution in [0.2, 0.25) is 0 Å². The Morgan fingerprint density at radius 2 is 1.78 bits per heavy atom. The second kappa shape index (κ2) is 10.9. The zero-order valence-electron chi connectivity index (χ0n) is 20.2. The molecule has 0 radical (unpaired) electrons. The summed E-state index contributed by atoms with van der Waals surface area (Å²) in [6, 6.07) is 11.3. The lowest BCUT2D eigenvalue weighted by Crippen LogP contribution is -2.32. The van der Waals surface area contributed by atoms with E-state index in [0.717, 1.165) is 28.0 Å². The average Bonchev–Trinajstić information content (AvgIpc) is 2.69. The molecule has 176 valence electrons. The van der Waals surface area contributed by atoms with E-state index in [4.69, 9.17) is 4.74 Å². The Balaban J connectivity index is 2.04. The Labute approximate surface area is 193 Å². The number of carbonyl (C=O) groups excluding carboxylic acids is 1. The van der Waals surface area contributed by atoms with Gasteiger partial charge in [0.1, 0.15) is 5.75 Å². The number of methoxy groups -OCH3 is 1. The summed E-state index contributed by atoms with van der Waals surface area (Å²) in [5.41, 5.74) is 4.83. The van der Waals surface area contributed by atoms with Crippen LogP contribution in [0.5, 0.6) is 5.75 Å². The van der Waals surface area contributed by atoms with Gasteiger partial charge in [-0.05, 0) is 79.6 Å². The van der Waals surface area contributed by atoms with Crippen LogP contribution in [-0.2, 0) is 14.8 Å². The molecule has 1 N–H and O–H groups in total. The van der Waals surface area contributed by atoms with E-state index in [1.807, 2.05) is 45.0 Å². The number of sulfonamides is 1. The van der Waals surface area contributed by atoms with Gasteiger partial charge < -0.3 is 10.1 Å². The molecule has 0 saturated heterocycles. The van der Waals surface area contributed by atoms with Crippen molar-refractivity contribution < 1.29 is 17.9 Å². The zero-order chi connectivity index (χ0) is 24.1. The van der Waals surface area contributed by atoms with Crippen molar-refractivity contribution in [3.05, 3.63) is 58.7 Å². The first-order valence-corrected chi connectivity index (χ1v) is 12.8. The van der Waals surface area contributed by atoms with E-state index < -0.39 is 10.0 Å². The number of hydrogen-bond donors (Lipinski definition) is 1. The van der Waals surface area contributed by atoms with Crippen LogP contribution >= 0.6 is 0 Å². The van der Waals surface area contributed by atoms with Gasteiger partial charge in [0, 0.05) is 13.0 Å². The molecule has 0 bridgehead atoms. The molecule has 0 saturated carbocycles. The third kappa shape index (κ3) is 6.73. The smallest absolute Gasteiger partial charge is 0.232 e. The summed E-state index contributed by atoms with van der Waals surface area (Å²) in [4.78, 5) is 12.6. The summed E-state index contributed by atoms with van der Waals surface area (Å²) in [7, 11) is -1.77. The van der Waals surface area contributed by atoms with Crippen LogP contribution in [0.25, 0.3) is 0 Å². The quantitative estimate of drug-likeness (QED) is 0.549. The number of rotatable bonds is 10. The van der Waals surface area contributed by atoms with E-state index in [-0.39, 0.29) is 24.9 Å². The van der Waals surface area contributed by atoms with Crippen molar-refractivity contribution in [2.75, 3.05) is 24.2 Å². The van der Waals surface area contributed by atoms with Crippen LogP contribution < -0.4 is 14.4 Å². The predicted molar refractivity (Wildman–Crippen MR) is 131 cm³/mol. The van der Waals surface area contributed by atoms with Crippen molar-refractivity contribution >= 4 is 21.6 Å². The SMILES string of the molecule is COc1cc(C)c([C@@H](C)NC(=O)CCCN(c2cccc(C)c2)S(C)(=O)=O)cc1C(C)C. The van der Waals surface area contributed by atoms with Gasteiger partial charge in [-0.3, -0.25) is 9.10 Å². The van der Waals surface area contributed by atoms with Crippen LogP contribution in [0.15, 0.2) is 36.4 Å². The molecule has 0 aliphatic rings. The standard InChI is InChI=1S/C25H36N2O4S/c1-17(2)22-16-23(19(4)15-24(22)31-6)20(5)26-25(28)12-9-13-27(32(7,29)30)21-11-8-10-18(3)14-21/h8,10-11,14-17,20H,9,12-13H2,1-7H3,(H,26,28)/t20-/m1/s1. The number of hydrogen-bond acceptors (Lipinski definition) is 4. The first kappa shape index (κ1) is 25.7. The lowest BCUT2D eigenvalue weighted by Gasteiger charge is -2.23. The molecule has 0 aliphatic heterocycles. The van der Waals surface area contributed by atoms with Gasteiger partial charge in [0.05, 0.1) is 25.1 Å². The molecule has 0 aromatic heterocycles. The molecule has 0 heterocycles. The van der Waals surface area contributed by atoms with E-state index in [1.54, 1.807) is 13.2 Å². The van der Waals surface area contributed by atoms with Crippen LogP contribution in [0, 0.1) is 13.8 Å². The van der Waals surface area contributed by atoms with Gasteiger partial charge in [0.15, 0.2) is 0 Å². The number of aryl methyl sites for hydroxylation is 2. The van der Waals surface area contributed by atoms with E-state index in [1.165, 1.54) is 10.6 Å². The molecule has 1 amide bonds. The number of ether oxygens (including phenoxy) is 1. The fourth-order valence-corrected chi connectivity index (χ4v) is 4.81. The highest BCUT2D eigenvalue weighted by molar-refractivity contribution is 7.92. The highest BCUT2D eigenvalue weighted by atomic mass is 32.2. The Bertz CT molecular complexity index is 1050. The van der Waals surface area contributed by atoms with Crippen molar-refractivity contribution in [3.8, 4) is 5.75 Å². The first-order chi connectivity index (χ1) is 14.9. The fourth-order valence-electron chi connectivity index (χ4n) is 3.85. The number of nitrogens with one attached hydrogen (secondary N) is 1. The number of nitrogens with zero attached hydrogens (tertiary/aromatic N) is 1.